The van der Waals surface area contributed by atoms with Crippen molar-refractivity contribution in [1.29, 1.82) is 0 Å². The largest absolute Gasteiger partial charge is 0.481 e. The molecular formula is C15H22O2S. The molecule has 0 saturated heterocycles. The average Bonchev–Trinajstić information content (AvgIpc) is 2.38. The van der Waals surface area contributed by atoms with Gasteiger partial charge < -0.3 is 5.11 Å². The molecule has 1 aromatic carbocycles. The molecule has 0 spiro atoms. The van der Waals surface area contributed by atoms with Crippen LogP contribution in [-0.4, -0.2) is 16.8 Å². The molecule has 0 aliphatic rings. The number of thioether (sulfide) groups is 1. The van der Waals surface area contributed by atoms with Crippen LogP contribution >= 0.6 is 11.8 Å². The summed E-state index contributed by atoms with van der Waals surface area (Å²) < 4.78 is 0. The number of rotatable bonds is 8. The molecule has 1 aromatic rings. The average molecular weight is 266 g/mol. The van der Waals surface area contributed by atoms with Crippen molar-refractivity contribution in [1.82, 2.24) is 0 Å². The fourth-order valence-corrected chi connectivity index (χ4v) is 2.97. The minimum Gasteiger partial charge on any atom is -0.481 e. The van der Waals surface area contributed by atoms with Gasteiger partial charge in [-0.2, -0.15) is 0 Å². The van der Waals surface area contributed by atoms with Gasteiger partial charge >= 0.3 is 5.97 Å². The monoisotopic (exact) mass is 266 g/mol. The normalized spacial score (nSPS) is 12.3. The molecule has 0 fully saturated rings. The third-order valence-electron chi connectivity index (χ3n) is 3.01. The molecule has 18 heavy (non-hydrogen) atoms. The maximum atomic E-state index is 11.1. The maximum absolute atomic E-state index is 11.1. The van der Waals surface area contributed by atoms with Gasteiger partial charge in [-0.3, -0.25) is 4.79 Å². The smallest absolute Gasteiger partial charge is 0.310 e. The van der Waals surface area contributed by atoms with Gasteiger partial charge in [0.15, 0.2) is 0 Å². The van der Waals surface area contributed by atoms with Crippen molar-refractivity contribution >= 4 is 17.7 Å². The van der Waals surface area contributed by atoms with Gasteiger partial charge in [0, 0.05) is 4.90 Å². The molecule has 0 radical (unpaired) electrons. The summed E-state index contributed by atoms with van der Waals surface area (Å²) >= 11 is 1.78. The van der Waals surface area contributed by atoms with Gasteiger partial charge in [-0.15, -0.1) is 11.8 Å². The van der Waals surface area contributed by atoms with Crippen LogP contribution in [0.1, 0.15) is 51.0 Å². The molecule has 0 aliphatic carbocycles. The molecule has 0 bridgehead atoms. The predicted octanol–water partition coefficient (Wildman–Crippen LogP) is 4.55. The Hall–Kier alpha value is -0.960. The van der Waals surface area contributed by atoms with E-state index in [4.69, 9.17) is 5.11 Å². The number of carboxylic acids is 1. The summed E-state index contributed by atoms with van der Waals surface area (Å²) in [6.45, 7) is 3.95. The molecule has 3 heteroatoms. The van der Waals surface area contributed by atoms with Gasteiger partial charge in [-0.25, -0.2) is 0 Å². The molecule has 1 atom stereocenters. The lowest BCUT2D eigenvalue weighted by molar-refractivity contribution is -0.138. The van der Waals surface area contributed by atoms with Crippen molar-refractivity contribution in [3.8, 4) is 0 Å². The first-order chi connectivity index (χ1) is 8.66. The van der Waals surface area contributed by atoms with Gasteiger partial charge in [0.05, 0.1) is 5.92 Å². The van der Waals surface area contributed by atoms with Crippen molar-refractivity contribution in [3.05, 3.63) is 29.8 Å². The predicted molar refractivity (Wildman–Crippen MR) is 77.4 cm³/mol. The number of carbonyl (C=O) groups is 1. The Morgan fingerprint density at radius 3 is 2.67 bits per heavy atom. The van der Waals surface area contributed by atoms with E-state index in [2.05, 4.69) is 6.92 Å². The van der Waals surface area contributed by atoms with Crippen LogP contribution in [0.4, 0.5) is 0 Å². The molecule has 0 aromatic heterocycles. The van der Waals surface area contributed by atoms with Gasteiger partial charge in [0.25, 0.3) is 0 Å². The van der Waals surface area contributed by atoms with E-state index < -0.39 is 11.9 Å². The number of benzene rings is 1. The summed E-state index contributed by atoms with van der Waals surface area (Å²) in [7, 11) is 0. The lowest BCUT2D eigenvalue weighted by Crippen LogP contribution is -2.08. The lowest BCUT2D eigenvalue weighted by Gasteiger charge is -2.12. The van der Waals surface area contributed by atoms with Crippen molar-refractivity contribution < 1.29 is 9.90 Å². The highest BCUT2D eigenvalue weighted by atomic mass is 32.2. The molecule has 0 amide bonds. The van der Waals surface area contributed by atoms with Crippen LogP contribution in [-0.2, 0) is 4.79 Å². The number of hydrogen-bond acceptors (Lipinski definition) is 2. The molecule has 100 valence electrons. The van der Waals surface area contributed by atoms with Crippen LogP contribution in [0.25, 0.3) is 0 Å². The molecule has 0 unspecified atom stereocenters. The first-order valence-corrected chi connectivity index (χ1v) is 7.60. The quantitative estimate of drug-likeness (QED) is 0.554. The van der Waals surface area contributed by atoms with E-state index in [0.29, 0.717) is 0 Å². The fraction of sp³-hybridized carbons (Fsp3) is 0.533. The van der Waals surface area contributed by atoms with E-state index in [1.54, 1.807) is 18.7 Å². The van der Waals surface area contributed by atoms with Crippen LogP contribution < -0.4 is 0 Å². The van der Waals surface area contributed by atoms with Crippen LogP contribution in [0.15, 0.2) is 29.2 Å². The molecule has 1 rings (SSSR count). The Labute approximate surface area is 114 Å². The Bertz CT molecular complexity index is 377. The lowest BCUT2D eigenvalue weighted by atomic mass is 10.0. The first kappa shape index (κ1) is 15.1. The third-order valence-corrected chi connectivity index (χ3v) is 4.19. The van der Waals surface area contributed by atoms with Crippen LogP contribution in [0.2, 0.25) is 0 Å². The first-order valence-electron chi connectivity index (χ1n) is 6.61. The zero-order valence-corrected chi connectivity index (χ0v) is 12.0. The highest BCUT2D eigenvalue weighted by Crippen LogP contribution is 2.29. The second-order valence-electron chi connectivity index (χ2n) is 4.51. The zero-order chi connectivity index (χ0) is 13.4. The van der Waals surface area contributed by atoms with Crippen molar-refractivity contribution in [2.45, 2.75) is 50.3 Å². The highest BCUT2D eigenvalue weighted by Gasteiger charge is 2.16. The zero-order valence-electron chi connectivity index (χ0n) is 11.2. The summed E-state index contributed by atoms with van der Waals surface area (Å²) in [5.41, 5.74) is 0.936. The summed E-state index contributed by atoms with van der Waals surface area (Å²) in [5, 5.41) is 9.09. The number of aliphatic carboxylic acids is 1. The van der Waals surface area contributed by atoms with Gasteiger partial charge in [0.2, 0.25) is 0 Å². The summed E-state index contributed by atoms with van der Waals surface area (Å²) in [6.07, 6.45) is 5.00. The fourth-order valence-electron chi connectivity index (χ4n) is 1.81. The number of carboxylic acid groups (broad SMARTS) is 1. The number of unbranched alkanes of at least 4 members (excludes halogenated alkanes) is 3. The second-order valence-corrected chi connectivity index (χ2v) is 5.64. The van der Waals surface area contributed by atoms with Crippen molar-refractivity contribution in [2.24, 2.45) is 0 Å². The molecule has 1 N–H and O–H groups in total. The van der Waals surface area contributed by atoms with Gasteiger partial charge in [-0.1, -0.05) is 44.4 Å². The number of hydrogen-bond donors (Lipinski definition) is 1. The van der Waals surface area contributed by atoms with E-state index in [9.17, 15) is 4.79 Å². The van der Waals surface area contributed by atoms with Crippen LogP contribution in [0.5, 0.6) is 0 Å². The SMILES string of the molecule is CCCCCCSc1ccccc1[C@H](C)C(=O)O. The highest BCUT2D eigenvalue weighted by molar-refractivity contribution is 7.99. The van der Waals surface area contributed by atoms with E-state index in [1.807, 2.05) is 24.3 Å². The standard InChI is InChI=1S/C15H22O2S/c1-3-4-5-8-11-18-14-10-7-6-9-13(14)12(2)15(16)17/h6-7,9-10,12H,3-5,8,11H2,1-2H3,(H,16,17)/t12-/m0/s1. The maximum Gasteiger partial charge on any atom is 0.310 e. The third kappa shape index (κ3) is 4.73. The van der Waals surface area contributed by atoms with Gasteiger partial charge in [0.1, 0.15) is 0 Å². The van der Waals surface area contributed by atoms with Crippen molar-refractivity contribution in [2.75, 3.05) is 5.75 Å². The van der Waals surface area contributed by atoms with Crippen molar-refractivity contribution in [3.63, 3.8) is 0 Å². The Balaban J connectivity index is 2.57. The Morgan fingerprint density at radius 2 is 2.00 bits per heavy atom. The van der Waals surface area contributed by atoms with E-state index in [0.717, 1.165) is 16.2 Å². The minimum atomic E-state index is -0.756. The summed E-state index contributed by atoms with van der Waals surface area (Å²) in [4.78, 5) is 12.2. The topological polar surface area (TPSA) is 37.3 Å². The molecule has 0 saturated carbocycles. The van der Waals surface area contributed by atoms with E-state index >= 15 is 0 Å². The van der Waals surface area contributed by atoms with Crippen LogP contribution in [0.3, 0.4) is 0 Å². The van der Waals surface area contributed by atoms with E-state index in [-0.39, 0.29) is 0 Å². The van der Waals surface area contributed by atoms with E-state index in [1.165, 1.54) is 25.7 Å². The summed E-state index contributed by atoms with van der Waals surface area (Å²) in [6, 6.07) is 7.84. The second kappa shape index (κ2) is 8.20. The Kier molecular flexibility index (Phi) is 6.88. The molecular weight excluding hydrogens is 244 g/mol. The van der Waals surface area contributed by atoms with Crippen LogP contribution in [0, 0.1) is 0 Å². The molecule has 2 nitrogen and oxygen atoms in total. The molecule has 0 aliphatic heterocycles. The van der Waals surface area contributed by atoms with Gasteiger partial charge in [-0.05, 0) is 30.7 Å². The Morgan fingerprint density at radius 1 is 1.28 bits per heavy atom. The minimum absolute atomic E-state index is 0.427. The molecule has 0 heterocycles. The summed E-state index contributed by atoms with van der Waals surface area (Å²) in [5.74, 6) is -0.109.